The molecule has 20 heteroatoms. The number of hydrogen-bond donors (Lipinski definition) is 6. The normalized spacial score (nSPS) is 11.9. The molecule has 7 aromatic carbocycles. The van der Waals surface area contributed by atoms with Crippen molar-refractivity contribution in [3.8, 4) is 45.3 Å². The van der Waals surface area contributed by atoms with Crippen LogP contribution in [0.2, 0.25) is 0 Å². The van der Waals surface area contributed by atoms with E-state index in [1.54, 1.807) is 18.2 Å². The monoisotopic (exact) mass is 866 g/mol. The standard InChI is InChI=1S/C40H30N4O12S2.2Na/c45-19-23-17-29(39(49)36(38(23)48)44-42-31-14-16-34(58(54,55)56)28-8-4-2-6-26(28)31)21-9-11-22(12-10-21)35-37(47)24(20-46)18-32(40(35)50)43-41-30-13-15-33(57(51,52)53)27-7-3-1-5-25(27)30;;/h1-18,45-50H,19-20H2,(H,51,52,53)(H,54,55,56);;/q;2*+1/p-2. The number of phenolic OH excluding ortho intramolecular Hbond substituents is 2. The van der Waals surface area contributed by atoms with Crippen LogP contribution in [0.25, 0.3) is 43.8 Å². The average Bonchev–Trinajstić information content (AvgIpc) is 3.20. The number of nitrogens with zero attached hydrogens (tertiary/aromatic N) is 4. The molecule has 7 aromatic rings. The summed E-state index contributed by atoms with van der Waals surface area (Å²) in [6.07, 6.45) is 0. The summed E-state index contributed by atoms with van der Waals surface area (Å²) in [5.74, 6) is -2.17. The average molecular weight is 867 g/mol. The number of aliphatic hydroxyl groups is 2. The Labute approximate surface area is 385 Å². The van der Waals surface area contributed by atoms with Gasteiger partial charge < -0.3 is 39.7 Å². The van der Waals surface area contributed by atoms with Crippen molar-refractivity contribution in [3.63, 3.8) is 0 Å². The van der Waals surface area contributed by atoms with Gasteiger partial charge in [0.1, 0.15) is 31.7 Å². The number of aromatic hydroxyl groups is 4. The summed E-state index contributed by atoms with van der Waals surface area (Å²) in [6, 6.07) is 25.3. The number of hydrogen-bond acceptors (Lipinski definition) is 16. The molecule has 294 valence electrons. The third kappa shape index (κ3) is 8.96. The van der Waals surface area contributed by atoms with Gasteiger partial charge in [-0.1, -0.05) is 72.8 Å². The van der Waals surface area contributed by atoms with Crippen LogP contribution >= 0.6 is 0 Å². The van der Waals surface area contributed by atoms with Gasteiger partial charge in [0, 0.05) is 38.2 Å². The van der Waals surface area contributed by atoms with Crippen molar-refractivity contribution in [1.82, 2.24) is 0 Å². The van der Waals surface area contributed by atoms with Crippen LogP contribution in [-0.2, 0) is 33.5 Å². The zero-order chi connectivity index (χ0) is 41.5. The fraction of sp³-hybridized carbons (Fsp3) is 0.0500. The maximum absolute atomic E-state index is 11.8. The van der Waals surface area contributed by atoms with E-state index in [1.807, 2.05) is 0 Å². The Morgan fingerprint density at radius 3 is 1.38 bits per heavy atom. The van der Waals surface area contributed by atoms with Gasteiger partial charge in [-0.3, -0.25) is 0 Å². The van der Waals surface area contributed by atoms with Crippen LogP contribution in [0, 0.1) is 0 Å². The van der Waals surface area contributed by atoms with E-state index in [2.05, 4.69) is 20.5 Å². The smallest absolute Gasteiger partial charge is 0.744 e. The molecular weight excluding hydrogens is 839 g/mol. The third-order valence-corrected chi connectivity index (χ3v) is 11.1. The van der Waals surface area contributed by atoms with E-state index in [-0.39, 0.29) is 126 Å². The topological polar surface area (TPSA) is 285 Å². The van der Waals surface area contributed by atoms with Crippen LogP contribution in [-0.4, -0.2) is 56.6 Å². The molecule has 0 saturated carbocycles. The number of benzene rings is 7. The van der Waals surface area contributed by atoms with Crippen LogP contribution in [0.4, 0.5) is 22.7 Å². The van der Waals surface area contributed by atoms with Crippen molar-refractivity contribution in [1.29, 1.82) is 0 Å². The first-order valence-corrected chi connectivity index (χ1v) is 19.7. The molecule has 7 rings (SSSR count). The van der Waals surface area contributed by atoms with Crippen molar-refractivity contribution >= 4 is 64.5 Å². The van der Waals surface area contributed by atoms with Crippen LogP contribution in [0.15, 0.2) is 139 Å². The Kier molecular flexibility index (Phi) is 14.2. The van der Waals surface area contributed by atoms with Gasteiger partial charge in [-0.2, -0.15) is 0 Å². The summed E-state index contributed by atoms with van der Waals surface area (Å²) < 4.78 is 71.0. The van der Waals surface area contributed by atoms with Gasteiger partial charge in [-0.15, -0.1) is 20.5 Å². The second-order valence-electron chi connectivity index (χ2n) is 12.7. The fourth-order valence-corrected chi connectivity index (χ4v) is 7.82. The molecule has 0 amide bonds. The van der Waals surface area contributed by atoms with Crippen molar-refractivity contribution < 1.29 is 116 Å². The SMILES string of the molecule is O=S(=O)([O-])c1ccc(N=Nc2cc(CO)c(O)c(-c3ccc(-c4cc(CO)c(O)c(N=Nc5ccc(S(=O)(=O)[O-])c6ccccc56)c4O)cc3)c2O)c2ccccc12.[Na+].[Na+]. The second kappa shape index (κ2) is 18.4. The third-order valence-electron chi connectivity index (χ3n) is 9.27. The van der Waals surface area contributed by atoms with Gasteiger partial charge in [-0.25, -0.2) is 16.8 Å². The van der Waals surface area contributed by atoms with Gasteiger partial charge in [0.05, 0.1) is 39.9 Å². The molecule has 0 aliphatic carbocycles. The number of phenols is 4. The van der Waals surface area contributed by atoms with Crippen molar-refractivity contribution in [2.24, 2.45) is 20.5 Å². The molecule has 0 aliphatic rings. The summed E-state index contributed by atoms with van der Waals surface area (Å²) in [5.41, 5.74) is 0.0422. The van der Waals surface area contributed by atoms with Crippen LogP contribution in [0.5, 0.6) is 23.0 Å². The molecule has 16 nitrogen and oxygen atoms in total. The molecule has 0 atom stereocenters. The van der Waals surface area contributed by atoms with Crippen molar-refractivity contribution in [2.45, 2.75) is 23.0 Å². The summed E-state index contributed by atoms with van der Waals surface area (Å²) in [5, 5.41) is 82.0. The Morgan fingerprint density at radius 1 is 0.467 bits per heavy atom. The molecule has 60 heavy (non-hydrogen) atoms. The molecule has 6 N–H and O–H groups in total. The Bertz CT molecular complexity index is 3090. The maximum atomic E-state index is 11.8. The number of fused-ring (bicyclic) bond motifs is 2. The zero-order valence-electron chi connectivity index (χ0n) is 31.5. The van der Waals surface area contributed by atoms with Gasteiger partial charge >= 0.3 is 59.1 Å². The minimum absolute atomic E-state index is 0. The molecule has 0 unspecified atom stereocenters. The molecule has 0 heterocycles. The zero-order valence-corrected chi connectivity index (χ0v) is 37.2. The number of rotatable bonds is 10. The molecule has 0 saturated heterocycles. The van der Waals surface area contributed by atoms with Crippen LogP contribution in [0.3, 0.4) is 0 Å². The number of azo groups is 2. The molecule has 0 spiro atoms. The van der Waals surface area contributed by atoms with Crippen LogP contribution < -0.4 is 59.1 Å². The summed E-state index contributed by atoms with van der Waals surface area (Å²) in [7, 11) is -9.64. The van der Waals surface area contributed by atoms with E-state index in [1.165, 1.54) is 78.9 Å². The summed E-state index contributed by atoms with van der Waals surface area (Å²) in [4.78, 5) is -0.917. The molecule has 0 aliphatic heterocycles. The first-order chi connectivity index (χ1) is 27.6. The first kappa shape index (κ1) is 46.3. The Morgan fingerprint density at radius 2 is 0.900 bits per heavy atom. The minimum Gasteiger partial charge on any atom is -0.744 e. The Balaban J connectivity index is 0.00000341. The quantitative estimate of drug-likeness (QED) is 0.0652. The summed E-state index contributed by atoms with van der Waals surface area (Å²) in [6.45, 7) is -1.34. The van der Waals surface area contributed by atoms with E-state index in [4.69, 9.17) is 0 Å². The van der Waals surface area contributed by atoms with Gasteiger partial charge in [0.15, 0.2) is 22.9 Å². The fourth-order valence-electron chi connectivity index (χ4n) is 6.46. The van der Waals surface area contributed by atoms with Gasteiger partial charge in [0.2, 0.25) is 0 Å². The molecule has 0 aromatic heterocycles. The predicted octanol–water partition coefficient (Wildman–Crippen LogP) is 1.78. The van der Waals surface area contributed by atoms with E-state index < -0.39 is 71.9 Å². The molecule has 0 radical (unpaired) electrons. The van der Waals surface area contributed by atoms with Crippen LogP contribution in [0.1, 0.15) is 11.1 Å². The van der Waals surface area contributed by atoms with Crippen molar-refractivity contribution in [2.75, 3.05) is 0 Å². The van der Waals surface area contributed by atoms with E-state index in [9.17, 15) is 56.6 Å². The Hall–Kier alpha value is -4.80. The number of aliphatic hydroxyl groups excluding tert-OH is 2. The van der Waals surface area contributed by atoms with Gasteiger partial charge in [0.25, 0.3) is 0 Å². The summed E-state index contributed by atoms with van der Waals surface area (Å²) >= 11 is 0. The first-order valence-electron chi connectivity index (χ1n) is 16.9. The molecular formula is C40H28N4Na2O12S2. The van der Waals surface area contributed by atoms with E-state index in [0.717, 1.165) is 12.1 Å². The van der Waals surface area contributed by atoms with Crippen molar-refractivity contribution in [3.05, 3.63) is 120 Å². The largest absolute Gasteiger partial charge is 1.00 e. The van der Waals surface area contributed by atoms with E-state index in [0.29, 0.717) is 5.56 Å². The molecule has 0 bridgehead atoms. The second-order valence-corrected chi connectivity index (χ2v) is 15.4. The molecule has 0 fully saturated rings. The minimum atomic E-state index is -4.83. The predicted molar refractivity (Wildman–Crippen MR) is 208 cm³/mol. The maximum Gasteiger partial charge on any atom is 1.00 e. The van der Waals surface area contributed by atoms with Gasteiger partial charge in [-0.05, 0) is 47.5 Å². The van der Waals surface area contributed by atoms with E-state index >= 15 is 0 Å².